The molecule has 7 nitrogen and oxygen atoms in total. The van der Waals surface area contributed by atoms with Crippen molar-refractivity contribution in [2.45, 2.75) is 63.5 Å². The van der Waals surface area contributed by atoms with Gasteiger partial charge in [-0.2, -0.15) is 4.31 Å². The van der Waals surface area contributed by atoms with Gasteiger partial charge >= 0.3 is 5.97 Å². The van der Waals surface area contributed by atoms with Crippen LogP contribution >= 0.6 is 11.3 Å². The van der Waals surface area contributed by atoms with E-state index in [4.69, 9.17) is 9.47 Å². The van der Waals surface area contributed by atoms with Gasteiger partial charge in [-0.15, -0.1) is 11.3 Å². The molecule has 38 heavy (non-hydrogen) atoms. The molecule has 3 aromatic rings. The van der Waals surface area contributed by atoms with Crippen LogP contribution in [0.15, 0.2) is 59.5 Å². The summed E-state index contributed by atoms with van der Waals surface area (Å²) >= 11 is 1.36. The molecule has 1 unspecified atom stereocenters. The van der Waals surface area contributed by atoms with E-state index >= 15 is 0 Å². The van der Waals surface area contributed by atoms with Crippen molar-refractivity contribution in [3.05, 3.63) is 81.0 Å². The molecule has 9 heteroatoms. The SMILES string of the molecule is CCC[C@@H]1CN(Cc2cc(C(CC(=O)OC)c3ccc(C(C)=O)s3)ccc2C)S(=O)(=O)c2ccccc2O1. The van der Waals surface area contributed by atoms with Gasteiger partial charge in [-0.05, 0) is 61.2 Å². The first-order chi connectivity index (χ1) is 18.1. The molecular formula is C29H33NO6S2. The van der Waals surface area contributed by atoms with E-state index in [1.165, 1.54) is 29.7 Å². The minimum absolute atomic E-state index is 0.0295. The largest absolute Gasteiger partial charge is 0.488 e. The number of benzene rings is 2. The summed E-state index contributed by atoms with van der Waals surface area (Å²) in [4.78, 5) is 25.9. The van der Waals surface area contributed by atoms with Gasteiger partial charge in [0.05, 0.1) is 25.0 Å². The number of carbonyl (C=O) groups excluding carboxylic acids is 2. The molecule has 202 valence electrons. The molecule has 0 amide bonds. The molecule has 0 fully saturated rings. The molecule has 0 saturated heterocycles. The van der Waals surface area contributed by atoms with Crippen LogP contribution in [0, 0.1) is 6.92 Å². The fourth-order valence-corrected chi connectivity index (χ4v) is 7.30. The summed E-state index contributed by atoms with van der Waals surface area (Å²) in [6.45, 7) is 5.94. The number of ether oxygens (including phenoxy) is 2. The number of esters is 1. The van der Waals surface area contributed by atoms with Crippen LogP contribution in [0.2, 0.25) is 0 Å². The third-order valence-corrected chi connectivity index (χ3v) is 9.97. The highest BCUT2D eigenvalue weighted by Gasteiger charge is 2.34. The molecule has 2 heterocycles. The lowest BCUT2D eigenvalue weighted by Crippen LogP contribution is -2.36. The van der Waals surface area contributed by atoms with Crippen LogP contribution in [0.25, 0.3) is 0 Å². The number of carbonyl (C=O) groups is 2. The lowest BCUT2D eigenvalue weighted by atomic mass is 9.91. The molecule has 4 rings (SSSR count). The highest BCUT2D eigenvalue weighted by molar-refractivity contribution is 7.89. The minimum atomic E-state index is -3.80. The summed E-state index contributed by atoms with van der Waals surface area (Å²) in [5, 5.41) is 0. The lowest BCUT2D eigenvalue weighted by molar-refractivity contribution is -0.140. The second kappa shape index (κ2) is 11.8. The van der Waals surface area contributed by atoms with Gasteiger partial charge in [-0.3, -0.25) is 9.59 Å². The molecule has 1 aliphatic heterocycles. The van der Waals surface area contributed by atoms with E-state index in [1.807, 2.05) is 31.2 Å². The standard InChI is InChI=1S/C29H33NO6S2/c1-5-8-23-18-30(38(33,34)28-10-7-6-9-25(28)36-23)17-22-15-21(12-11-19(22)2)24(16-29(32)35-4)27-14-13-26(37-27)20(3)31/h6-7,9-15,23-24H,5,8,16-18H2,1-4H3/t23-,24?/m1/s1. The van der Waals surface area contributed by atoms with E-state index < -0.39 is 10.0 Å². The van der Waals surface area contributed by atoms with Crippen LogP contribution in [-0.2, 0) is 26.1 Å². The Kier molecular flexibility index (Phi) is 8.70. The zero-order valence-corrected chi connectivity index (χ0v) is 23.7. The molecule has 1 aliphatic rings. The molecular weight excluding hydrogens is 522 g/mol. The quantitative estimate of drug-likeness (QED) is 0.248. The van der Waals surface area contributed by atoms with Crippen molar-refractivity contribution in [1.29, 1.82) is 0 Å². The smallest absolute Gasteiger partial charge is 0.306 e. The van der Waals surface area contributed by atoms with E-state index in [-0.39, 0.29) is 48.2 Å². The van der Waals surface area contributed by atoms with Crippen molar-refractivity contribution < 1.29 is 27.5 Å². The number of hydrogen-bond acceptors (Lipinski definition) is 7. The van der Waals surface area contributed by atoms with Crippen molar-refractivity contribution in [3.8, 4) is 5.75 Å². The summed E-state index contributed by atoms with van der Waals surface area (Å²) in [7, 11) is -2.45. The van der Waals surface area contributed by atoms with Crippen molar-refractivity contribution in [1.82, 2.24) is 4.31 Å². The molecule has 0 saturated carbocycles. The van der Waals surface area contributed by atoms with Crippen LogP contribution in [0.5, 0.6) is 5.75 Å². The number of nitrogens with zero attached hydrogens (tertiary/aromatic N) is 1. The molecule has 2 atom stereocenters. The first kappa shape index (κ1) is 28.0. The lowest BCUT2D eigenvalue weighted by Gasteiger charge is -2.24. The third-order valence-electron chi connectivity index (χ3n) is 6.82. The van der Waals surface area contributed by atoms with E-state index in [9.17, 15) is 18.0 Å². The number of Topliss-reactive ketones (excluding diaryl/α,β-unsaturated/α-hetero) is 1. The van der Waals surface area contributed by atoms with Gasteiger partial charge in [0.25, 0.3) is 0 Å². The van der Waals surface area contributed by atoms with Crippen molar-refractivity contribution >= 4 is 33.1 Å². The van der Waals surface area contributed by atoms with E-state index in [2.05, 4.69) is 6.92 Å². The Balaban J connectivity index is 1.73. The summed E-state index contributed by atoms with van der Waals surface area (Å²) in [6.07, 6.45) is 1.45. The molecule has 0 spiro atoms. The average Bonchev–Trinajstić information content (AvgIpc) is 3.35. The van der Waals surface area contributed by atoms with E-state index in [1.54, 1.807) is 30.3 Å². The summed E-state index contributed by atoms with van der Waals surface area (Å²) in [6, 6.07) is 16.3. The topological polar surface area (TPSA) is 90.0 Å². The first-order valence-corrected chi connectivity index (χ1v) is 14.9. The average molecular weight is 556 g/mol. The predicted octanol–water partition coefficient (Wildman–Crippen LogP) is 5.71. The van der Waals surface area contributed by atoms with Gasteiger partial charge in [0.15, 0.2) is 5.78 Å². The first-order valence-electron chi connectivity index (χ1n) is 12.7. The summed E-state index contributed by atoms with van der Waals surface area (Å²) in [5.41, 5.74) is 2.66. The molecule has 0 N–H and O–H groups in total. The number of rotatable bonds is 9. The monoisotopic (exact) mass is 555 g/mol. The number of hydrogen-bond donors (Lipinski definition) is 0. The maximum absolute atomic E-state index is 13.7. The Morgan fingerprint density at radius 2 is 1.92 bits per heavy atom. The molecule has 1 aromatic heterocycles. The predicted molar refractivity (Wildman–Crippen MR) is 147 cm³/mol. The van der Waals surface area contributed by atoms with Gasteiger partial charge in [0, 0.05) is 17.3 Å². The van der Waals surface area contributed by atoms with Crippen LogP contribution in [-0.4, -0.2) is 44.2 Å². The Morgan fingerprint density at radius 3 is 2.61 bits per heavy atom. The van der Waals surface area contributed by atoms with E-state index in [0.717, 1.165) is 34.4 Å². The molecule has 2 aromatic carbocycles. The van der Waals surface area contributed by atoms with Crippen LogP contribution in [0.3, 0.4) is 0 Å². The number of fused-ring (bicyclic) bond motifs is 1. The number of para-hydroxylation sites is 1. The van der Waals surface area contributed by atoms with Gasteiger partial charge in [0.2, 0.25) is 10.0 Å². The number of sulfonamides is 1. The summed E-state index contributed by atoms with van der Waals surface area (Å²) < 4.78 is 40.1. The van der Waals surface area contributed by atoms with Gasteiger partial charge in [0.1, 0.15) is 16.7 Å². The van der Waals surface area contributed by atoms with Gasteiger partial charge < -0.3 is 9.47 Å². The Bertz CT molecular complexity index is 1430. The Hall–Kier alpha value is -3.01. The van der Waals surface area contributed by atoms with Crippen molar-refractivity contribution in [3.63, 3.8) is 0 Å². The normalized spacial score (nSPS) is 17.6. The van der Waals surface area contributed by atoms with E-state index in [0.29, 0.717) is 10.6 Å². The van der Waals surface area contributed by atoms with Crippen molar-refractivity contribution in [2.75, 3.05) is 13.7 Å². The third kappa shape index (κ3) is 6.00. The molecule has 0 aliphatic carbocycles. The number of methoxy groups -OCH3 is 1. The zero-order chi connectivity index (χ0) is 27.4. The number of aryl methyl sites for hydroxylation is 1. The second-order valence-corrected chi connectivity index (χ2v) is 12.6. The molecule has 0 bridgehead atoms. The summed E-state index contributed by atoms with van der Waals surface area (Å²) in [5.74, 6) is -0.326. The van der Waals surface area contributed by atoms with Gasteiger partial charge in [-0.25, -0.2) is 8.42 Å². The fraction of sp³-hybridized carbons (Fsp3) is 0.379. The maximum Gasteiger partial charge on any atom is 0.306 e. The molecule has 0 radical (unpaired) electrons. The zero-order valence-electron chi connectivity index (χ0n) is 22.1. The Morgan fingerprint density at radius 1 is 1.16 bits per heavy atom. The minimum Gasteiger partial charge on any atom is -0.488 e. The number of ketones is 1. The highest BCUT2D eigenvalue weighted by Crippen LogP contribution is 2.36. The fourth-order valence-electron chi connectivity index (χ4n) is 4.69. The van der Waals surface area contributed by atoms with Crippen LogP contribution in [0.1, 0.15) is 70.3 Å². The van der Waals surface area contributed by atoms with Crippen LogP contribution < -0.4 is 4.74 Å². The van der Waals surface area contributed by atoms with Gasteiger partial charge in [-0.1, -0.05) is 43.7 Å². The highest BCUT2D eigenvalue weighted by atomic mass is 32.2. The number of thiophene rings is 1. The second-order valence-electron chi connectivity index (χ2n) is 9.55. The maximum atomic E-state index is 13.7. The van der Waals surface area contributed by atoms with Crippen molar-refractivity contribution in [2.24, 2.45) is 0 Å². The van der Waals surface area contributed by atoms with Crippen LogP contribution in [0.4, 0.5) is 0 Å². The Labute approximate surface area is 228 Å².